The van der Waals surface area contributed by atoms with Crippen LogP contribution < -0.4 is 10.1 Å². The maximum absolute atomic E-state index is 6.06. The predicted molar refractivity (Wildman–Crippen MR) is 86.5 cm³/mol. The van der Waals surface area contributed by atoms with Crippen molar-refractivity contribution in [2.24, 2.45) is 0 Å². The van der Waals surface area contributed by atoms with Crippen LogP contribution in [0.1, 0.15) is 36.2 Å². The second kappa shape index (κ2) is 7.23. The lowest BCUT2D eigenvalue weighted by atomic mass is 10.1. The van der Waals surface area contributed by atoms with Crippen molar-refractivity contribution in [1.82, 2.24) is 10.3 Å². The minimum atomic E-state index is 0.455. The van der Waals surface area contributed by atoms with E-state index < -0.39 is 0 Å². The highest BCUT2D eigenvalue weighted by molar-refractivity contribution is 5.41. The number of nitrogens with one attached hydrogen (secondary N) is 1. The molecule has 0 bridgehead atoms. The molecule has 0 amide bonds. The molecule has 0 atom stereocenters. The fraction of sp³-hybridized carbons (Fsp3) is 0.389. The van der Waals surface area contributed by atoms with Crippen molar-refractivity contribution in [2.45, 2.75) is 46.9 Å². The fourth-order valence-corrected chi connectivity index (χ4v) is 2.18. The summed E-state index contributed by atoms with van der Waals surface area (Å²) in [6.45, 7) is 9.76. The lowest BCUT2D eigenvalue weighted by Gasteiger charge is -2.16. The molecule has 0 aliphatic carbocycles. The van der Waals surface area contributed by atoms with Gasteiger partial charge in [-0.2, -0.15) is 0 Å². The van der Waals surface area contributed by atoms with Crippen molar-refractivity contribution in [1.29, 1.82) is 0 Å². The van der Waals surface area contributed by atoms with E-state index in [0.29, 0.717) is 12.6 Å². The van der Waals surface area contributed by atoms with Gasteiger partial charge >= 0.3 is 0 Å². The molecule has 1 heterocycles. The van der Waals surface area contributed by atoms with Crippen molar-refractivity contribution >= 4 is 0 Å². The standard InChI is InChI=1S/C18H24N2O/c1-13(2)20-11-16-9-5-7-15(4)18(16)21-12-17-14(3)8-6-10-19-17/h5-10,13,20H,11-12H2,1-4H3. The van der Waals surface area contributed by atoms with E-state index in [-0.39, 0.29) is 0 Å². The van der Waals surface area contributed by atoms with Crippen molar-refractivity contribution in [3.63, 3.8) is 0 Å². The smallest absolute Gasteiger partial charge is 0.130 e. The summed E-state index contributed by atoms with van der Waals surface area (Å²) >= 11 is 0. The lowest BCUT2D eigenvalue weighted by Crippen LogP contribution is -2.22. The number of para-hydroxylation sites is 1. The number of rotatable bonds is 6. The molecule has 21 heavy (non-hydrogen) atoms. The Morgan fingerprint density at radius 1 is 1.10 bits per heavy atom. The van der Waals surface area contributed by atoms with Gasteiger partial charge in [0.15, 0.2) is 0 Å². The summed E-state index contributed by atoms with van der Waals surface area (Å²) in [5.41, 5.74) is 4.50. The normalized spacial score (nSPS) is 10.9. The molecule has 1 N–H and O–H groups in total. The van der Waals surface area contributed by atoms with Gasteiger partial charge in [-0.25, -0.2) is 0 Å². The Morgan fingerprint density at radius 3 is 2.57 bits per heavy atom. The molecule has 3 heteroatoms. The Morgan fingerprint density at radius 2 is 1.86 bits per heavy atom. The van der Waals surface area contributed by atoms with E-state index >= 15 is 0 Å². The van der Waals surface area contributed by atoms with E-state index in [9.17, 15) is 0 Å². The summed E-state index contributed by atoms with van der Waals surface area (Å²) in [4.78, 5) is 4.39. The average Bonchev–Trinajstić information content (AvgIpc) is 2.45. The third-order valence-corrected chi connectivity index (χ3v) is 3.47. The zero-order chi connectivity index (χ0) is 15.2. The van der Waals surface area contributed by atoms with Gasteiger partial charge in [0.25, 0.3) is 0 Å². The van der Waals surface area contributed by atoms with Crippen LogP contribution >= 0.6 is 0 Å². The van der Waals surface area contributed by atoms with E-state index in [1.165, 1.54) is 5.56 Å². The molecule has 3 nitrogen and oxygen atoms in total. The van der Waals surface area contributed by atoms with Gasteiger partial charge in [0.2, 0.25) is 0 Å². The quantitative estimate of drug-likeness (QED) is 0.876. The number of benzene rings is 1. The first kappa shape index (κ1) is 15.5. The van der Waals surface area contributed by atoms with E-state index in [1.807, 2.05) is 12.3 Å². The Labute approximate surface area is 127 Å². The van der Waals surface area contributed by atoms with Gasteiger partial charge in [0.1, 0.15) is 12.4 Å². The molecular formula is C18H24N2O. The molecule has 112 valence electrons. The SMILES string of the molecule is Cc1cccnc1COc1c(C)cccc1CNC(C)C. The van der Waals surface area contributed by atoms with E-state index in [4.69, 9.17) is 4.74 Å². The van der Waals surface area contributed by atoms with Gasteiger partial charge in [-0.1, -0.05) is 38.1 Å². The number of nitrogens with zero attached hydrogens (tertiary/aromatic N) is 1. The van der Waals surface area contributed by atoms with Crippen LogP contribution in [0.15, 0.2) is 36.5 Å². The highest BCUT2D eigenvalue weighted by Crippen LogP contribution is 2.24. The van der Waals surface area contributed by atoms with Crippen LogP contribution in [0, 0.1) is 13.8 Å². The van der Waals surface area contributed by atoms with E-state index in [1.54, 1.807) is 0 Å². The van der Waals surface area contributed by atoms with Crippen molar-refractivity contribution in [2.75, 3.05) is 0 Å². The molecule has 0 saturated heterocycles. The number of pyridine rings is 1. The predicted octanol–water partition coefficient (Wildman–Crippen LogP) is 3.78. The number of ether oxygens (including phenoxy) is 1. The van der Waals surface area contributed by atoms with Crippen LogP contribution in [0.4, 0.5) is 0 Å². The Hall–Kier alpha value is -1.87. The average molecular weight is 284 g/mol. The van der Waals surface area contributed by atoms with E-state index in [2.05, 4.69) is 62.3 Å². The molecule has 0 spiro atoms. The minimum Gasteiger partial charge on any atom is -0.487 e. The first-order valence-electron chi connectivity index (χ1n) is 7.43. The Bertz CT molecular complexity index is 594. The molecule has 0 aliphatic heterocycles. The van der Waals surface area contributed by atoms with Crippen molar-refractivity contribution < 1.29 is 4.74 Å². The van der Waals surface area contributed by atoms with Crippen LogP contribution in [0.25, 0.3) is 0 Å². The zero-order valence-electron chi connectivity index (χ0n) is 13.3. The third kappa shape index (κ3) is 4.30. The second-order valence-electron chi connectivity index (χ2n) is 5.65. The molecule has 0 unspecified atom stereocenters. The maximum atomic E-state index is 6.06. The van der Waals surface area contributed by atoms with Gasteiger partial charge in [-0.3, -0.25) is 4.98 Å². The number of aromatic nitrogens is 1. The van der Waals surface area contributed by atoms with Gasteiger partial charge in [-0.15, -0.1) is 0 Å². The number of hydrogen-bond donors (Lipinski definition) is 1. The molecule has 0 saturated carbocycles. The minimum absolute atomic E-state index is 0.455. The Kier molecular flexibility index (Phi) is 5.34. The molecule has 2 aromatic rings. The molecule has 0 aliphatic rings. The summed E-state index contributed by atoms with van der Waals surface area (Å²) < 4.78 is 6.06. The first-order valence-corrected chi connectivity index (χ1v) is 7.43. The molecule has 1 aromatic carbocycles. The van der Waals surface area contributed by atoms with Crippen molar-refractivity contribution in [3.8, 4) is 5.75 Å². The zero-order valence-corrected chi connectivity index (χ0v) is 13.3. The van der Waals surface area contributed by atoms with Crippen LogP contribution in [0.3, 0.4) is 0 Å². The highest BCUT2D eigenvalue weighted by Gasteiger charge is 2.09. The molecule has 1 aromatic heterocycles. The van der Waals surface area contributed by atoms with Crippen LogP contribution in [0.5, 0.6) is 5.75 Å². The first-order chi connectivity index (χ1) is 10.1. The molecule has 0 radical (unpaired) electrons. The van der Waals surface area contributed by atoms with Gasteiger partial charge < -0.3 is 10.1 Å². The summed E-state index contributed by atoms with van der Waals surface area (Å²) in [5.74, 6) is 0.968. The topological polar surface area (TPSA) is 34.1 Å². The maximum Gasteiger partial charge on any atom is 0.130 e. The van der Waals surface area contributed by atoms with Crippen molar-refractivity contribution in [3.05, 3.63) is 58.9 Å². The monoisotopic (exact) mass is 284 g/mol. The number of aryl methyl sites for hydroxylation is 2. The molecule has 2 rings (SSSR count). The lowest BCUT2D eigenvalue weighted by molar-refractivity contribution is 0.294. The van der Waals surface area contributed by atoms with Crippen LogP contribution in [-0.2, 0) is 13.2 Å². The largest absolute Gasteiger partial charge is 0.487 e. The number of hydrogen-bond acceptors (Lipinski definition) is 3. The summed E-state index contributed by atoms with van der Waals surface area (Å²) in [6.07, 6.45) is 1.81. The Balaban J connectivity index is 2.13. The van der Waals surface area contributed by atoms with E-state index in [0.717, 1.165) is 29.1 Å². The summed E-state index contributed by atoms with van der Waals surface area (Å²) in [5, 5.41) is 3.44. The fourth-order valence-electron chi connectivity index (χ4n) is 2.18. The highest BCUT2D eigenvalue weighted by atomic mass is 16.5. The summed E-state index contributed by atoms with van der Waals surface area (Å²) in [7, 11) is 0. The molecule has 0 fully saturated rings. The van der Waals surface area contributed by atoms with Gasteiger partial charge in [0, 0.05) is 24.3 Å². The second-order valence-corrected chi connectivity index (χ2v) is 5.65. The summed E-state index contributed by atoms with van der Waals surface area (Å²) in [6, 6.07) is 10.7. The van der Waals surface area contributed by atoms with Gasteiger partial charge in [-0.05, 0) is 31.0 Å². The third-order valence-electron chi connectivity index (χ3n) is 3.47. The van der Waals surface area contributed by atoms with Crippen LogP contribution in [0.2, 0.25) is 0 Å². The molecular weight excluding hydrogens is 260 g/mol. The van der Waals surface area contributed by atoms with Crippen LogP contribution in [-0.4, -0.2) is 11.0 Å². The van der Waals surface area contributed by atoms with Gasteiger partial charge in [0.05, 0.1) is 5.69 Å².